The molecule has 0 unspecified atom stereocenters. The molecule has 2 aromatic rings. The zero-order valence-electron chi connectivity index (χ0n) is 13.5. The first-order valence-electron chi connectivity index (χ1n) is 6.92. The van der Waals surface area contributed by atoms with E-state index in [1.807, 2.05) is 0 Å². The molecule has 0 atom stereocenters. The largest absolute Gasteiger partial charge is 0.493 e. The summed E-state index contributed by atoms with van der Waals surface area (Å²) in [6.07, 6.45) is 3.35. The summed E-state index contributed by atoms with van der Waals surface area (Å²) in [5.74, 6) is 0.390. The summed E-state index contributed by atoms with van der Waals surface area (Å²) in [5, 5.41) is 3.64. The van der Waals surface area contributed by atoms with E-state index in [1.165, 1.54) is 33.5 Å². The van der Waals surface area contributed by atoms with Gasteiger partial charge >= 0.3 is 5.97 Å². The Morgan fingerprint density at radius 2 is 1.75 bits per heavy atom. The number of benzene rings is 1. The minimum atomic E-state index is -0.711. The lowest BCUT2D eigenvalue weighted by molar-refractivity contribution is -0.378. The molecule has 0 saturated heterocycles. The summed E-state index contributed by atoms with van der Waals surface area (Å²) >= 11 is 0. The first kappa shape index (κ1) is 17.1. The van der Waals surface area contributed by atoms with Crippen molar-refractivity contribution in [2.75, 3.05) is 21.3 Å². The molecule has 0 amide bonds. The van der Waals surface area contributed by atoms with Crippen molar-refractivity contribution in [1.29, 1.82) is 0 Å². The van der Waals surface area contributed by atoms with Crippen molar-refractivity contribution in [3.05, 3.63) is 47.8 Å². The Labute approximate surface area is 138 Å². The first-order chi connectivity index (χ1) is 11.6. The van der Waals surface area contributed by atoms with Crippen LogP contribution in [-0.2, 0) is 4.84 Å². The average molecular weight is 332 g/mol. The number of ether oxygens (including phenoxy) is 3. The zero-order chi connectivity index (χ0) is 17.5. The molecule has 0 radical (unpaired) electrons. The van der Waals surface area contributed by atoms with E-state index in [9.17, 15) is 4.79 Å². The number of nitrogens with one attached hydrogen (secondary N) is 1. The Morgan fingerprint density at radius 3 is 2.25 bits per heavy atom. The van der Waals surface area contributed by atoms with Gasteiger partial charge in [-0.2, -0.15) is 0 Å². The number of nitrogens with two attached hydrogens (primary N) is 1. The Hall–Kier alpha value is -3.29. The number of methoxy groups -OCH3 is 3. The zero-order valence-corrected chi connectivity index (χ0v) is 13.5. The Kier molecular flexibility index (Phi) is 5.56. The quantitative estimate of drug-likeness (QED) is 0.366. The molecule has 2 rings (SSSR count). The van der Waals surface area contributed by atoms with E-state index >= 15 is 0 Å². The minimum absolute atomic E-state index is 0.0626. The molecular formula is C16H18N3O5+. The second kappa shape index (κ2) is 7.82. The minimum Gasteiger partial charge on any atom is -0.493 e. The van der Waals surface area contributed by atoms with Crippen molar-refractivity contribution in [2.24, 2.45) is 10.9 Å². The number of pyridine rings is 1. The predicted octanol–water partition coefficient (Wildman–Crippen LogP) is 1.00. The SMILES string of the molecule is COc1cc(C(=O)ON=C(N)c2ccc[nH+]c2)cc(OC)c1OC. The smallest absolute Gasteiger partial charge is 0.366 e. The lowest BCUT2D eigenvalue weighted by Gasteiger charge is -2.13. The van der Waals surface area contributed by atoms with Gasteiger partial charge in [0.2, 0.25) is 5.75 Å². The van der Waals surface area contributed by atoms with E-state index in [-0.39, 0.29) is 11.4 Å². The van der Waals surface area contributed by atoms with Crippen LogP contribution in [0.25, 0.3) is 0 Å². The maximum atomic E-state index is 12.2. The highest BCUT2D eigenvalue weighted by Gasteiger charge is 2.18. The lowest BCUT2D eigenvalue weighted by Crippen LogP contribution is -2.17. The highest BCUT2D eigenvalue weighted by atomic mass is 16.7. The van der Waals surface area contributed by atoms with E-state index in [4.69, 9.17) is 24.8 Å². The third kappa shape index (κ3) is 3.72. The third-order valence-electron chi connectivity index (χ3n) is 3.13. The van der Waals surface area contributed by atoms with E-state index in [1.54, 1.807) is 24.5 Å². The third-order valence-corrected chi connectivity index (χ3v) is 3.13. The van der Waals surface area contributed by atoms with E-state index in [0.717, 1.165) is 0 Å². The lowest BCUT2D eigenvalue weighted by atomic mass is 10.2. The van der Waals surface area contributed by atoms with Crippen molar-refractivity contribution in [1.82, 2.24) is 0 Å². The fourth-order valence-corrected chi connectivity index (χ4v) is 1.95. The van der Waals surface area contributed by atoms with Crippen molar-refractivity contribution in [3.63, 3.8) is 0 Å². The monoisotopic (exact) mass is 332 g/mol. The summed E-state index contributed by atoms with van der Waals surface area (Å²) < 4.78 is 15.6. The molecule has 0 aliphatic carbocycles. The molecule has 126 valence electrons. The van der Waals surface area contributed by atoms with Crippen LogP contribution >= 0.6 is 0 Å². The van der Waals surface area contributed by atoms with Crippen LogP contribution in [0.3, 0.4) is 0 Å². The maximum Gasteiger partial charge on any atom is 0.366 e. The van der Waals surface area contributed by atoms with Gasteiger partial charge in [-0.05, 0) is 18.2 Å². The molecular weight excluding hydrogens is 314 g/mol. The number of rotatable bonds is 6. The topological polar surface area (TPSA) is 107 Å². The molecule has 0 saturated carbocycles. The highest BCUT2D eigenvalue weighted by Crippen LogP contribution is 2.38. The van der Waals surface area contributed by atoms with Gasteiger partial charge in [0, 0.05) is 6.07 Å². The molecule has 8 nitrogen and oxygen atoms in total. The Balaban J connectivity index is 2.24. The average Bonchev–Trinajstić information content (AvgIpc) is 2.65. The first-order valence-corrected chi connectivity index (χ1v) is 6.92. The molecule has 0 spiro atoms. The van der Waals surface area contributed by atoms with E-state index < -0.39 is 5.97 Å². The van der Waals surface area contributed by atoms with Gasteiger partial charge in [0.1, 0.15) is 0 Å². The number of aromatic amines is 1. The van der Waals surface area contributed by atoms with Crippen LogP contribution in [0.5, 0.6) is 17.2 Å². The molecule has 24 heavy (non-hydrogen) atoms. The maximum absolute atomic E-state index is 12.2. The second-order valence-electron chi connectivity index (χ2n) is 4.56. The number of hydrogen-bond donors (Lipinski definition) is 1. The normalized spacial score (nSPS) is 10.9. The van der Waals surface area contributed by atoms with Crippen molar-refractivity contribution in [2.45, 2.75) is 0 Å². The van der Waals surface area contributed by atoms with Crippen molar-refractivity contribution < 1.29 is 28.8 Å². The van der Waals surface area contributed by atoms with Crippen LogP contribution in [0.1, 0.15) is 15.9 Å². The molecule has 3 N–H and O–H groups in total. The Morgan fingerprint density at radius 1 is 1.08 bits per heavy atom. The van der Waals surface area contributed by atoms with Crippen LogP contribution in [0, 0.1) is 0 Å². The van der Waals surface area contributed by atoms with Crippen LogP contribution in [0.2, 0.25) is 0 Å². The van der Waals surface area contributed by atoms with Crippen molar-refractivity contribution >= 4 is 11.8 Å². The van der Waals surface area contributed by atoms with Gasteiger partial charge in [0.25, 0.3) is 0 Å². The summed E-state index contributed by atoms with van der Waals surface area (Å²) in [4.78, 5) is 19.9. The molecule has 0 fully saturated rings. The van der Waals surface area contributed by atoms with Crippen LogP contribution in [0.15, 0.2) is 41.8 Å². The number of carbonyl (C=O) groups excluding carboxylic acids is 1. The summed E-state index contributed by atoms with van der Waals surface area (Å²) in [5.41, 5.74) is 6.54. The summed E-state index contributed by atoms with van der Waals surface area (Å²) in [7, 11) is 4.38. The fourth-order valence-electron chi connectivity index (χ4n) is 1.95. The number of oxime groups is 1. The molecule has 8 heteroatoms. The molecule has 1 aromatic carbocycles. The van der Waals surface area contributed by atoms with Crippen LogP contribution in [-0.4, -0.2) is 33.1 Å². The van der Waals surface area contributed by atoms with Gasteiger partial charge in [0.05, 0.1) is 32.5 Å². The van der Waals surface area contributed by atoms with Gasteiger partial charge in [-0.25, -0.2) is 9.78 Å². The molecule has 1 heterocycles. The number of nitrogens with zero attached hydrogens (tertiary/aromatic N) is 1. The molecule has 0 bridgehead atoms. The second-order valence-corrected chi connectivity index (χ2v) is 4.56. The van der Waals surface area contributed by atoms with Gasteiger partial charge in [-0.1, -0.05) is 5.16 Å². The number of aromatic nitrogens is 1. The van der Waals surface area contributed by atoms with Gasteiger partial charge < -0.3 is 24.8 Å². The number of carbonyl (C=O) groups is 1. The Bertz CT molecular complexity index is 722. The van der Waals surface area contributed by atoms with Gasteiger partial charge in [-0.3, -0.25) is 0 Å². The molecule has 0 aliphatic rings. The number of hydrogen-bond acceptors (Lipinski definition) is 6. The number of amidine groups is 1. The van der Waals surface area contributed by atoms with Crippen LogP contribution < -0.4 is 24.9 Å². The van der Waals surface area contributed by atoms with Crippen LogP contribution in [0.4, 0.5) is 0 Å². The van der Waals surface area contributed by atoms with Gasteiger partial charge in [-0.15, -0.1) is 0 Å². The molecule has 1 aromatic heterocycles. The van der Waals surface area contributed by atoms with Gasteiger partial charge in [0.15, 0.2) is 29.7 Å². The molecule has 0 aliphatic heterocycles. The number of H-pyrrole nitrogens is 1. The standard InChI is InChI=1S/C16H17N3O5/c1-21-12-7-11(8-13(22-2)14(12)23-3)16(20)24-19-15(17)10-5-4-6-18-9-10/h4-9H,1-3H3,(H2,17,19)/p+1. The highest BCUT2D eigenvalue weighted by molar-refractivity contribution is 5.97. The van der Waals surface area contributed by atoms with E-state index in [2.05, 4.69) is 10.1 Å². The predicted molar refractivity (Wildman–Crippen MR) is 85.2 cm³/mol. The fraction of sp³-hybridized carbons (Fsp3) is 0.188. The summed E-state index contributed by atoms with van der Waals surface area (Å²) in [6.45, 7) is 0. The van der Waals surface area contributed by atoms with E-state index in [0.29, 0.717) is 22.8 Å². The van der Waals surface area contributed by atoms with Crippen molar-refractivity contribution in [3.8, 4) is 17.2 Å². The summed E-state index contributed by atoms with van der Waals surface area (Å²) in [6, 6.07) is 6.40.